The topological polar surface area (TPSA) is 84.4 Å². The molecule has 0 spiro atoms. The van der Waals surface area contributed by atoms with Gasteiger partial charge in [0.05, 0.1) is 17.8 Å². The molecule has 0 saturated heterocycles. The Kier molecular flexibility index (Phi) is 3.41. The second-order valence-corrected chi connectivity index (χ2v) is 4.36. The Balaban J connectivity index is 2.20. The van der Waals surface area contributed by atoms with E-state index < -0.39 is 0 Å². The maximum absolute atomic E-state index is 12.2. The predicted octanol–water partition coefficient (Wildman–Crippen LogP) is 0.980. The molecule has 0 aliphatic heterocycles. The number of imidazole rings is 1. The summed E-state index contributed by atoms with van der Waals surface area (Å²) in [4.78, 5) is 17.9. The molecule has 0 aliphatic carbocycles. The van der Waals surface area contributed by atoms with E-state index >= 15 is 0 Å². The van der Waals surface area contributed by atoms with Gasteiger partial charge in [0.2, 0.25) is 0 Å². The highest BCUT2D eigenvalue weighted by Crippen LogP contribution is 2.25. The highest BCUT2D eigenvalue weighted by molar-refractivity contribution is 5.98. The van der Waals surface area contributed by atoms with Crippen LogP contribution in [0.3, 0.4) is 0 Å². The van der Waals surface area contributed by atoms with Gasteiger partial charge in [-0.1, -0.05) is 6.07 Å². The number of carbonyl (C=O) groups excluding carboxylic acids is 1. The van der Waals surface area contributed by atoms with E-state index in [-0.39, 0.29) is 22.9 Å². The van der Waals surface area contributed by atoms with Crippen LogP contribution in [0, 0.1) is 0 Å². The van der Waals surface area contributed by atoms with Gasteiger partial charge in [0, 0.05) is 26.5 Å². The first-order chi connectivity index (χ1) is 9.00. The summed E-state index contributed by atoms with van der Waals surface area (Å²) >= 11 is 0. The molecule has 100 valence electrons. The zero-order valence-corrected chi connectivity index (χ0v) is 10.9. The maximum atomic E-state index is 12.2. The van der Waals surface area contributed by atoms with Crippen molar-refractivity contribution in [1.29, 1.82) is 0 Å². The number of nitrogens with zero attached hydrogens (tertiary/aromatic N) is 3. The van der Waals surface area contributed by atoms with Crippen LogP contribution in [0.1, 0.15) is 16.2 Å². The first-order valence-corrected chi connectivity index (χ1v) is 5.80. The van der Waals surface area contributed by atoms with Gasteiger partial charge in [-0.3, -0.25) is 4.79 Å². The first kappa shape index (κ1) is 12.9. The van der Waals surface area contributed by atoms with Crippen LogP contribution in [-0.4, -0.2) is 32.5 Å². The summed E-state index contributed by atoms with van der Waals surface area (Å²) in [5.74, 6) is 0.284. The number of para-hydroxylation sites is 1. The summed E-state index contributed by atoms with van der Waals surface area (Å²) in [6, 6.07) is 4.73. The summed E-state index contributed by atoms with van der Waals surface area (Å²) in [5.41, 5.74) is 5.96. The van der Waals surface area contributed by atoms with Crippen molar-refractivity contribution in [2.24, 2.45) is 7.05 Å². The number of aromatic nitrogens is 2. The van der Waals surface area contributed by atoms with Gasteiger partial charge in [0.15, 0.2) is 5.75 Å². The molecule has 0 atom stereocenters. The van der Waals surface area contributed by atoms with Crippen molar-refractivity contribution in [1.82, 2.24) is 14.5 Å². The lowest BCUT2D eigenvalue weighted by molar-refractivity contribution is 0.0777. The van der Waals surface area contributed by atoms with Gasteiger partial charge in [0.1, 0.15) is 5.82 Å². The molecule has 0 aliphatic rings. The van der Waals surface area contributed by atoms with Gasteiger partial charge in [-0.05, 0) is 12.1 Å². The minimum atomic E-state index is -0.298. The fraction of sp³-hybridized carbons (Fsp3) is 0.231. The Morgan fingerprint density at radius 2 is 2.26 bits per heavy atom. The van der Waals surface area contributed by atoms with Crippen LogP contribution in [-0.2, 0) is 13.6 Å². The van der Waals surface area contributed by atoms with Gasteiger partial charge in [-0.25, -0.2) is 4.98 Å². The molecule has 1 aromatic carbocycles. The third-order valence-electron chi connectivity index (χ3n) is 2.94. The third-order valence-corrected chi connectivity index (χ3v) is 2.94. The van der Waals surface area contributed by atoms with Gasteiger partial charge in [0.25, 0.3) is 5.91 Å². The Morgan fingerprint density at radius 1 is 1.53 bits per heavy atom. The minimum Gasteiger partial charge on any atom is -0.505 e. The summed E-state index contributed by atoms with van der Waals surface area (Å²) in [6.45, 7) is 0.358. The number of aryl methyl sites for hydroxylation is 1. The number of carbonyl (C=O) groups is 1. The molecular weight excluding hydrogens is 244 g/mol. The van der Waals surface area contributed by atoms with Gasteiger partial charge in [-0.2, -0.15) is 0 Å². The highest BCUT2D eigenvalue weighted by atomic mass is 16.3. The molecule has 2 rings (SSSR count). The van der Waals surface area contributed by atoms with E-state index in [9.17, 15) is 9.90 Å². The standard InChI is InChI=1S/C13H16N4O2/c1-16-7-6-15-11(16)8-17(2)13(19)9-4-3-5-10(14)12(9)18/h3-7,18H,8,14H2,1-2H3. The smallest absolute Gasteiger partial charge is 0.257 e. The fourth-order valence-electron chi connectivity index (χ4n) is 1.77. The van der Waals surface area contributed by atoms with Gasteiger partial charge < -0.3 is 20.3 Å². The largest absolute Gasteiger partial charge is 0.505 e. The van der Waals surface area contributed by atoms with Crippen LogP contribution < -0.4 is 5.73 Å². The summed E-state index contributed by atoms with van der Waals surface area (Å²) in [5, 5.41) is 9.80. The molecule has 19 heavy (non-hydrogen) atoms. The van der Waals surface area contributed by atoms with E-state index in [1.807, 2.05) is 17.8 Å². The van der Waals surface area contributed by atoms with Crippen molar-refractivity contribution in [3.8, 4) is 5.75 Å². The number of nitrogens with two attached hydrogens (primary N) is 1. The monoisotopic (exact) mass is 260 g/mol. The average Bonchev–Trinajstić information content (AvgIpc) is 2.77. The lowest BCUT2D eigenvalue weighted by Crippen LogP contribution is -2.27. The Hall–Kier alpha value is -2.50. The van der Waals surface area contributed by atoms with Crippen LogP contribution in [0.15, 0.2) is 30.6 Å². The Bertz CT molecular complexity index is 606. The molecule has 0 unspecified atom stereocenters. The summed E-state index contributed by atoms with van der Waals surface area (Å²) in [7, 11) is 3.51. The highest BCUT2D eigenvalue weighted by Gasteiger charge is 2.18. The summed E-state index contributed by atoms with van der Waals surface area (Å²) < 4.78 is 1.84. The van der Waals surface area contributed by atoms with Crippen LogP contribution in [0.2, 0.25) is 0 Å². The predicted molar refractivity (Wildman–Crippen MR) is 71.5 cm³/mol. The van der Waals surface area contributed by atoms with E-state index in [2.05, 4.69) is 4.98 Å². The molecule has 1 aromatic heterocycles. The molecule has 3 N–H and O–H groups in total. The number of nitrogen functional groups attached to an aromatic ring is 1. The van der Waals surface area contributed by atoms with Gasteiger partial charge >= 0.3 is 0 Å². The van der Waals surface area contributed by atoms with Crippen molar-refractivity contribution in [2.75, 3.05) is 12.8 Å². The van der Waals surface area contributed by atoms with Crippen LogP contribution in [0.4, 0.5) is 5.69 Å². The normalized spacial score (nSPS) is 10.4. The fourth-order valence-corrected chi connectivity index (χ4v) is 1.77. The van der Waals surface area contributed by atoms with Gasteiger partial charge in [-0.15, -0.1) is 0 Å². The molecule has 0 fully saturated rings. The number of rotatable bonds is 3. The number of phenolic OH excluding ortho intramolecular Hbond substituents is 1. The quantitative estimate of drug-likeness (QED) is 0.636. The minimum absolute atomic E-state index is 0.181. The molecule has 2 aromatic rings. The van der Waals surface area contributed by atoms with Crippen molar-refractivity contribution in [3.63, 3.8) is 0 Å². The van der Waals surface area contributed by atoms with Crippen LogP contribution in [0.5, 0.6) is 5.75 Å². The molecule has 6 nitrogen and oxygen atoms in total. The first-order valence-electron chi connectivity index (χ1n) is 5.80. The number of phenols is 1. The molecule has 0 radical (unpaired) electrons. The van der Waals surface area contributed by atoms with Crippen LogP contribution >= 0.6 is 0 Å². The lowest BCUT2D eigenvalue weighted by atomic mass is 10.1. The second kappa shape index (κ2) is 5.01. The van der Waals surface area contributed by atoms with Crippen molar-refractivity contribution < 1.29 is 9.90 Å². The third kappa shape index (κ3) is 2.52. The van der Waals surface area contributed by atoms with E-state index in [0.29, 0.717) is 6.54 Å². The molecule has 1 amide bonds. The number of hydrogen-bond acceptors (Lipinski definition) is 4. The van der Waals surface area contributed by atoms with Crippen molar-refractivity contribution in [3.05, 3.63) is 42.0 Å². The summed E-state index contributed by atoms with van der Waals surface area (Å²) in [6.07, 6.45) is 3.48. The number of anilines is 1. The number of hydrogen-bond donors (Lipinski definition) is 2. The molecule has 0 saturated carbocycles. The molecular formula is C13H16N4O2. The zero-order valence-electron chi connectivity index (χ0n) is 10.9. The van der Waals surface area contributed by atoms with Crippen molar-refractivity contribution >= 4 is 11.6 Å². The van der Waals surface area contributed by atoms with E-state index in [0.717, 1.165) is 5.82 Å². The second-order valence-electron chi connectivity index (χ2n) is 4.36. The zero-order chi connectivity index (χ0) is 14.0. The number of benzene rings is 1. The van der Waals surface area contributed by atoms with Crippen molar-refractivity contribution in [2.45, 2.75) is 6.54 Å². The number of aromatic hydroxyl groups is 1. The average molecular weight is 260 g/mol. The van der Waals surface area contributed by atoms with E-state index in [1.54, 1.807) is 31.4 Å². The lowest BCUT2D eigenvalue weighted by Gasteiger charge is -2.18. The Morgan fingerprint density at radius 3 is 2.89 bits per heavy atom. The number of amides is 1. The molecule has 6 heteroatoms. The van der Waals surface area contributed by atoms with E-state index in [1.165, 1.54) is 4.90 Å². The molecule has 1 heterocycles. The SMILES string of the molecule is CN(Cc1nccn1C)C(=O)c1cccc(N)c1O. The van der Waals surface area contributed by atoms with E-state index in [4.69, 9.17) is 5.73 Å². The maximum Gasteiger partial charge on any atom is 0.257 e. The molecule has 0 bridgehead atoms. The van der Waals surface area contributed by atoms with Crippen LogP contribution in [0.25, 0.3) is 0 Å². The Labute approximate surface area is 111 Å².